The van der Waals surface area contributed by atoms with E-state index < -0.39 is 0 Å². The highest BCUT2D eigenvalue weighted by molar-refractivity contribution is 5.36. The molecule has 2 heteroatoms. The Hall–Kier alpha value is -0.860. The average molecular weight is 246 g/mol. The van der Waals surface area contributed by atoms with Gasteiger partial charge in [-0.3, -0.25) is 4.90 Å². The molecule has 0 radical (unpaired) electrons. The summed E-state index contributed by atoms with van der Waals surface area (Å²) in [5.41, 5.74) is 11.8. The molecule has 1 saturated heterocycles. The van der Waals surface area contributed by atoms with Crippen LogP contribution in [0.2, 0.25) is 0 Å². The van der Waals surface area contributed by atoms with E-state index in [1.165, 1.54) is 22.3 Å². The molecular weight excluding hydrogens is 220 g/mol. The molecule has 2 unspecified atom stereocenters. The quantitative estimate of drug-likeness (QED) is 0.869. The first-order valence-electron chi connectivity index (χ1n) is 7.02. The average Bonchev–Trinajstić information content (AvgIpc) is 2.31. The molecule has 1 aromatic rings. The van der Waals surface area contributed by atoms with Gasteiger partial charge in [0.05, 0.1) is 0 Å². The van der Waals surface area contributed by atoms with Crippen LogP contribution in [0.25, 0.3) is 0 Å². The summed E-state index contributed by atoms with van der Waals surface area (Å²) in [6.07, 6.45) is 1.13. The topological polar surface area (TPSA) is 29.3 Å². The van der Waals surface area contributed by atoms with Gasteiger partial charge in [-0.2, -0.15) is 0 Å². The molecule has 1 fully saturated rings. The Morgan fingerprint density at radius 2 is 1.83 bits per heavy atom. The molecule has 0 aliphatic carbocycles. The summed E-state index contributed by atoms with van der Waals surface area (Å²) in [7, 11) is 0. The Morgan fingerprint density at radius 1 is 1.17 bits per heavy atom. The molecule has 1 aliphatic heterocycles. The lowest BCUT2D eigenvalue weighted by Crippen LogP contribution is -2.45. The van der Waals surface area contributed by atoms with Crippen LogP contribution < -0.4 is 5.73 Å². The van der Waals surface area contributed by atoms with Gasteiger partial charge in [-0.25, -0.2) is 0 Å². The summed E-state index contributed by atoms with van der Waals surface area (Å²) < 4.78 is 0. The summed E-state index contributed by atoms with van der Waals surface area (Å²) in [6.45, 7) is 12.2. The van der Waals surface area contributed by atoms with Crippen molar-refractivity contribution in [1.82, 2.24) is 4.90 Å². The van der Waals surface area contributed by atoms with Crippen LogP contribution in [0, 0.1) is 26.7 Å². The highest BCUT2D eigenvalue weighted by Gasteiger charge is 2.23. The van der Waals surface area contributed by atoms with E-state index in [2.05, 4.69) is 44.7 Å². The summed E-state index contributed by atoms with van der Waals surface area (Å²) in [5, 5.41) is 0. The zero-order valence-electron chi connectivity index (χ0n) is 12.2. The van der Waals surface area contributed by atoms with Crippen molar-refractivity contribution in [3.05, 3.63) is 34.4 Å². The Balaban J connectivity index is 2.08. The van der Waals surface area contributed by atoms with Crippen molar-refractivity contribution in [1.29, 1.82) is 0 Å². The number of likely N-dealkylation sites (tertiary alicyclic amines) is 1. The smallest absolute Gasteiger partial charge is 0.0236 e. The summed E-state index contributed by atoms with van der Waals surface area (Å²) in [6, 6.07) is 5.05. The zero-order valence-corrected chi connectivity index (χ0v) is 12.2. The van der Waals surface area contributed by atoms with Gasteiger partial charge < -0.3 is 5.73 Å². The highest BCUT2D eigenvalue weighted by Crippen LogP contribution is 2.21. The second-order valence-corrected chi connectivity index (χ2v) is 6.03. The molecular formula is C16H26N2. The fourth-order valence-electron chi connectivity index (χ4n) is 2.83. The normalized spacial score (nSPS) is 25.4. The number of nitrogens with two attached hydrogens (primary N) is 1. The molecule has 1 heterocycles. The highest BCUT2D eigenvalue weighted by atomic mass is 15.1. The third-order valence-corrected chi connectivity index (χ3v) is 4.40. The number of piperidine rings is 1. The maximum absolute atomic E-state index is 6.08. The van der Waals surface area contributed by atoms with Crippen molar-refractivity contribution in [3.8, 4) is 0 Å². The first-order chi connectivity index (χ1) is 8.47. The van der Waals surface area contributed by atoms with E-state index in [0.717, 1.165) is 26.1 Å². The van der Waals surface area contributed by atoms with Crippen LogP contribution in [-0.2, 0) is 6.54 Å². The molecule has 1 aromatic carbocycles. The van der Waals surface area contributed by atoms with Gasteiger partial charge in [0.25, 0.3) is 0 Å². The van der Waals surface area contributed by atoms with Gasteiger partial charge in [-0.05, 0) is 61.9 Å². The number of hydrogen-bond donors (Lipinski definition) is 1. The molecule has 0 aromatic heterocycles. The predicted octanol–water partition coefficient (Wildman–Crippen LogP) is 2.78. The minimum absolute atomic E-state index is 0.391. The molecule has 1 aliphatic rings. The summed E-state index contributed by atoms with van der Waals surface area (Å²) in [5.74, 6) is 0.616. The second-order valence-electron chi connectivity index (χ2n) is 6.03. The second kappa shape index (κ2) is 5.41. The lowest BCUT2D eigenvalue weighted by molar-refractivity contribution is 0.157. The number of aryl methyl sites for hydroxylation is 3. The third-order valence-electron chi connectivity index (χ3n) is 4.40. The molecule has 0 saturated carbocycles. The van der Waals surface area contributed by atoms with E-state index >= 15 is 0 Å². The molecule has 0 amide bonds. The minimum Gasteiger partial charge on any atom is -0.327 e. The molecule has 0 spiro atoms. The minimum atomic E-state index is 0.391. The number of hydrogen-bond acceptors (Lipinski definition) is 2. The van der Waals surface area contributed by atoms with E-state index in [4.69, 9.17) is 5.73 Å². The summed E-state index contributed by atoms with van der Waals surface area (Å²) in [4.78, 5) is 2.55. The van der Waals surface area contributed by atoms with Crippen LogP contribution in [-0.4, -0.2) is 24.0 Å². The maximum Gasteiger partial charge on any atom is 0.0236 e. The lowest BCUT2D eigenvalue weighted by atomic mass is 9.93. The van der Waals surface area contributed by atoms with E-state index in [-0.39, 0.29) is 0 Å². The summed E-state index contributed by atoms with van der Waals surface area (Å²) >= 11 is 0. The van der Waals surface area contributed by atoms with Gasteiger partial charge in [0.1, 0.15) is 0 Å². The first kappa shape index (κ1) is 13.6. The van der Waals surface area contributed by atoms with Crippen molar-refractivity contribution in [2.24, 2.45) is 11.7 Å². The van der Waals surface area contributed by atoms with Crippen molar-refractivity contribution in [2.45, 2.75) is 46.7 Å². The van der Waals surface area contributed by atoms with Crippen molar-refractivity contribution in [2.75, 3.05) is 13.1 Å². The Bertz CT molecular complexity index is 425. The van der Waals surface area contributed by atoms with Gasteiger partial charge in [-0.15, -0.1) is 0 Å². The van der Waals surface area contributed by atoms with Crippen molar-refractivity contribution < 1.29 is 0 Å². The lowest BCUT2D eigenvalue weighted by Gasteiger charge is -2.35. The van der Waals surface area contributed by atoms with Crippen LogP contribution in [0.15, 0.2) is 12.1 Å². The monoisotopic (exact) mass is 246 g/mol. The van der Waals surface area contributed by atoms with Crippen LogP contribution in [0.4, 0.5) is 0 Å². The standard InChI is InChI=1S/C16H26N2/c1-11-7-13(3)15(8-12(11)2)10-18-6-5-16(17)14(4)9-18/h7-8,14,16H,5-6,9-10,17H2,1-4H3. The van der Waals surface area contributed by atoms with Gasteiger partial charge in [0.15, 0.2) is 0 Å². The van der Waals surface area contributed by atoms with Crippen molar-refractivity contribution >= 4 is 0 Å². The number of nitrogens with zero attached hydrogens (tertiary/aromatic N) is 1. The largest absolute Gasteiger partial charge is 0.327 e. The van der Waals surface area contributed by atoms with Gasteiger partial charge >= 0.3 is 0 Å². The first-order valence-corrected chi connectivity index (χ1v) is 7.02. The van der Waals surface area contributed by atoms with Gasteiger partial charge in [0.2, 0.25) is 0 Å². The van der Waals surface area contributed by atoms with Crippen LogP contribution in [0.1, 0.15) is 35.6 Å². The molecule has 18 heavy (non-hydrogen) atoms. The fraction of sp³-hybridized carbons (Fsp3) is 0.625. The van der Waals surface area contributed by atoms with Gasteiger partial charge in [0, 0.05) is 19.1 Å². The zero-order chi connectivity index (χ0) is 13.3. The van der Waals surface area contributed by atoms with E-state index in [1.807, 2.05) is 0 Å². The van der Waals surface area contributed by atoms with E-state index in [1.54, 1.807) is 0 Å². The molecule has 2 nitrogen and oxygen atoms in total. The van der Waals surface area contributed by atoms with E-state index in [9.17, 15) is 0 Å². The number of rotatable bonds is 2. The SMILES string of the molecule is Cc1cc(C)c(CN2CCC(N)C(C)C2)cc1C. The molecule has 2 rings (SSSR count). The van der Waals surface area contributed by atoms with Crippen molar-refractivity contribution in [3.63, 3.8) is 0 Å². The van der Waals surface area contributed by atoms with Crippen LogP contribution >= 0.6 is 0 Å². The molecule has 2 N–H and O–H groups in total. The Kier molecular flexibility index (Phi) is 4.08. The van der Waals surface area contributed by atoms with Gasteiger partial charge in [-0.1, -0.05) is 19.1 Å². The number of benzene rings is 1. The maximum atomic E-state index is 6.08. The molecule has 2 atom stereocenters. The molecule has 100 valence electrons. The Morgan fingerprint density at radius 3 is 2.50 bits per heavy atom. The molecule has 0 bridgehead atoms. The predicted molar refractivity (Wildman–Crippen MR) is 77.7 cm³/mol. The van der Waals surface area contributed by atoms with Crippen LogP contribution in [0.3, 0.4) is 0 Å². The van der Waals surface area contributed by atoms with E-state index in [0.29, 0.717) is 12.0 Å². The Labute approximate surface area is 111 Å². The fourth-order valence-corrected chi connectivity index (χ4v) is 2.83. The van der Waals surface area contributed by atoms with Crippen LogP contribution in [0.5, 0.6) is 0 Å². The third kappa shape index (κ3) is 2.93.